The molecule has 0 aliphatic heterocycles. The van der Waals surface area contributed by atoms with Gasteiger partial charge in [-0.3, -0.25) is 4.79 Å². The summed E-state index contributed by atoms with van der Waals surface area (Å²) in [6, 6.07) is 7.41. The Labute approximate surface area is 83.6 Å². The van der Waals surface area contributed by atoms with Gasteiger partial charge in [0.25, 0.3) is 0 Å². The van der Waals surface area contributed by atoms with E-state index >= 15 is 0 Å². The van der Waals surface area contributed by atoms with Crippen LogP contribution in [0.25, 0.3) is 0 Å². The maximum atomic E-state index is 10.7. The number of hydrogen-bond acceptors (Lipinski definition) is 1. The third kappa shape index (κ3) is 2.37. The Morgan fingerprint density at radius 1 is 1.57 bits per heavy atom. The minimum Gasteiger partial charge on any atom is -0.481 e. The van der Waals surface area contributed by atoms with E-state index in [1.807, 2.05) is 24.3 Å². The molecule has 14 heavy (non-hydrogen) atoms. The van der Waals surface area contributed by atoms with Crippen LogP contribution in [0.1, 0.15) is 18.1 Å². The van der Waals surface area contributed by atoms with E-state index in [1.165, 1.54) is 0 Å². The van der Waals surface area contributed by atoms with Crippen molar-refractivity contribution in [2.24, 2.45) is 5.92 Å². The van der Waals surface area contributed by atoms with Gasteiger partial charge in [0.1, 0.15) is 0 Å². The maximum absolute atomic E-state index is 10.7. The maximum Gasteiger partial charge on any atom is 0.306 e. The number of aliphatic carboxylic acids is 1. The lowest BCUT2D eigenvalue weighted by Gasteiger charge is -2.07. The zero-order valence-corrected chi connectivity index (χ0v) is 8.03. The third-order valence-corrected chi connectivity index (χ3v) is 2.12. The number of carbonyl (C=O) groups is 1. The zero-order chi connectivity index (χ0) is 10.6. The lowest BCUT2D eigenvalue weighted by molar-refractivity contribution is -0.141. The molecule has 0 saturated carbocycles. The van der Waals surface area contributed by atoms with Crippen LogP contribution in [0, 0.1) is 18.3 Å². The first-order valence-corrected chi connectivity index (χ1v) is 4.42. The number of hydrogen-bond donors (Lipinski definition) is 1. The van der Waals surface area contributed by atoms with Crippen LogP contribution in [0.3, 0.4) is 0 Å². The fourth-order valence-electron chi connectivity index (χ4n) is 1.26. The van der Waals surface area contributed by atoms with Crippen molar-refractivity contribution >= 4 is 5.97 Å². The van der Waals surface area contributed by atoms with Gasteiger partial charge in [-0.15, -0.1) is 6.42 Å². The Balaban J connectivity index is 2.87. The van der Waals surface area contributed by atoms with Gasteiger partial charge in [-0.1, -0.05) is 31.0 Å². The molecule has 0 aliphatic rings. The lowest BCUT2D eigenvalue weighted by Crippen LogP contribution is -2.12. The van der Waals surface area contributed by atoms with Crippen LogP contribution in [0.2, 0.25) is 0 Å². The predicted octanol–water partition coefficient (Wildman–Crippen LogP) is 1.93. The minimum atomic E-state index is -0.795. The summed E-state index contributed by atoms with van der Waals surface area (Å²) in [5, 5.41) is 8.76. The van der Waals surface area contributed by atoms with Crippen molar-refractivity contribution < 1.29 is 9.90 Å². The van der Waals surface area contributed by atoms with Gasteiger partial charge in [0.15, 0.2) is 0 Å². The van der Waals surface area contributed by atoms with Gasteiger partial charge in [0.05, 0.1) is 5.92 Å². The molecule has 0 saturated heterocycles. The normalized spacial score (nSPS) is 11.7. The van der Waals surface area contributed by atoms with Crippen LogP contribution < -0.4 is 0 Å². The summed E-state index contributed by atoms with van der Waals surface area (Å²) in [6.45, 7) is 1.68. The van der Waals surface area contributed by atoms with Crippen molar-refractivity contribution in [1.29, 1.82) is 0 Å². The Kier molecular flexibility index (Phi) is 3.30. The highest BCUT2D eigenvalue weighted by Gasteiger charge is 2.12. The van der Waals surface area contributed by atoms with E-state index in [2.05, 4.69) is 5.92 Å². The monoisotopic (exact) mass is 188 g/mol. The number of terminal acetylenes is 1. The first-order valence-electron chi connectivity index (χ1n) is 4.42. The highest BCUT2D eigenvalue weighted by molar-refractivity contribution is 5.70. The number of rotatable bonds is 3. The van der Waals surface area contributed by atoms with E-state index in [4.69, 9.17) is 11.5 Å². The summed E-state index contributed by atoms with van der Waals surface area (Å²) < 4.78 is 0. The quantitative estimate of drug-likeness (QED) is 0.736. The van der Waals surface area contributed by atoms with Gasteiger partial charge in [0, 0.05) is 5.56 Å². The molecule has 0 aliphatic carbocycles. The van der Waals surface area contributed by atoms with Crippen LogP contribution in [0.15, 0.2) is 24.3 Å². The second kappa shape index (κ2) is 4.48. The summed E-state index contributed by atoms with van der Waals surface area (Å²) in [4.78, 5) is 10.7. The minimum absolute atomic E-state index is 0.399. The SMILES string of the molecule is C#Cc1ccccc1CC(C)C(=O)O. The molecular weight excluding hydrogens is 176 g/mol. The molecule has 0 amide bonds. The van der Waals surface area contributed by atoms with Gasteiger partial charge in [-0.25, -0.2) is 0 Å². The van der Waals surface area contributed by atoms with Gasteiger partial charge >= 0.3 is 5.97 Å². The Hall–Kier alpha value is -1.75. The average molecular weight is 188 g/mol. The van der Waals surface area contributed by atoms with E-state index in [0.717, 1.165) is 11.1 Å². The van der Waals surface area contributed by atoms with E-state index in [-0.39, 0.29) is 0 Å². The molecule has 72 valence electrons. The summed E-state index contributed by atoms with van der Waals surface area (Å²) >= 11 is 0. The summed E-state index contributed by atoms with van der Waals surface area (Å²) in [7, 11) is 0. The van der Waals surface area contributed by atoms with Crippen LogP contribution in [0.5, 0.6) is 0 Å². The van der Waals surface area contributed by atoms with Crippen molar-refractivity contribution in [1.82, 2.24) is 0 Å². The molecule has 2 nitrogen and oxygen atoms in total. The Bertz CT molecular complexity index is 374. The van der Waals surface area contributed by atoms with Gasteiger partial charge in [-0.2, -0.15) is 0 Å². The topological polar surface area (TPSA) is 37.3 Å². The second-order valence-corrected chi connectivity index (χ2v) is 3.24. The smallest absolute Gasteiger partial charge is 0.306 e. The van der Waals surface area contributed by atoms with Gasteiger partial charge in [0.2, 0.25) is 0 Å². The van der Waals surface area contributed by atoms with Crippen molar-refractivity contribution in [2.75, 3.05) is 0 Å². The van der Waals surface area contributed by atoms with Crippen LogP contribution in [-0.4, -0.2) is 11.1 Å². The highest BCUT2D eigenvalue weighted by atomic mass is 16.4. The van der Waals surface area contributed by atoms with E-state index in [9.17, 15) is 4.79 Å². The fraction of sp³-hybridized carbons (Fsp3) is 0.250. The summed E-state index contributed by atoms with van der Waals surface area (Å²) in [5.41, 5.74) is 1.70. The molecule has 0 spiro atoms. The lowest BCUT2D eigenvalue weighted by atomic mass is 9.97. The summed E-state index contributed by atoms with van der Waals surface area (Å²) in [6.07, 6.45) is 5.79. The zero-order valence-electron chi connectivity index (χ0n) is 8.03. The van der Waals surface area contributed by atoms with E-state index < -0.39 is 11.9 Å². The molecular formula is C12H12O2. The number of carboxylic acid groups (broad SMARTS) is 1. The molecule has 1 unspecified atom stereocenters. The largest absolute Gasteiger partial charge is 0.481 e. The molecule has 0 radical (unpaired) electrons. The first-order chi connectivity index (χ1) is 6.65. The third-order valence-electron chi connectivity index (χ3n) is 2.12. The molecule has 0 aromatic heterocycles. The van der Waals surface area contributed by atoms with Crippen molar-refractivity contribution in [3.8, 4) is 12.3 Å². The first kappa shape index (κ1) is 10.3. The van der Waals surface area contributed by atoms with Gasteiger partial charge in [-0.05, 0) is 18.1 Å². The van der Waals surface area contributed by atoms with Crippen molar-refractivity contribution in [3.05, 3.63) is 35.4 Å². The molecule has 1 N–H and O–H groups in total. The van der Waals surface area contributed by atoms with E-state index in [0.29, 0.717) is 6.42 Å². The molecule has 1 aromatic carbocycles. The van der Waals surface area contributed by atoms with Crippen LogP contribution >= 0.6 is 0 Å². The average Bonchev–Trinajstić information content (AvgIpc) is 2.18. The molecule has 2 heteroatoms. The molecule has 1 rings (SSSR count). The van der Waals surface area contributed by atoms with Crippen LogP contribution in [-0.2, 0) is 11.2 Å². The second-order valence-electron chi connectivity index (χ2n) is 3.24. The standard InChI is InChI=1S/C12H12O2/c1-3-10-6-4-5-7-11(10)8-9(2)12(13)14/h1,4-7,9H,8H2,2H3,(H,13,14). The molecule has 1 atom stereocenters. The number of carboxylic acids is 1. The van der Waals surface area contributed by atoms with Crippen molar-refractivity contribution in [3.63, 3.8) is 0 Å². The molecule has 1 aromatic rings. The Morgan fingerprint density at radius 2 is 2.21 bits per heavy atom. The predicted molar refractivity (Wildman–Crippen MR) is 54.9 cm³/mol. The highest BCUT2D eigenvalue weighted by Crippen LogP contribution is 2.13. The van der Waals surface area contributed by atoms with Crippen molar-refractivity contribution in [2.45, 2.75) is 13.3 Å². The number of benzene rings is 1. The summed E-state index contributed by atoms with van der Waals surface area (Å²) in [5.74, 6) is 1.35. The Morgan fingerprint density at radius 3 is 2.79 bits per heavy atom. The molecule has 0 fully saturated rings. The van der Waals surface area contributed by atoms with E-state index in [1.54, 1.807) is 6.92 Å². The van der Waals surface area contributed by atoms with Gasteiger partial charge < -0.3 is 5.11 Å². The van der Waals surface area contributed by atoms with Crippen LogP contribution in [0.4, 0.5) is 0 Å². The molecule has 0 heterocycles. The molecule has 0 bridgehead atoms. The fourth-order valence-corrected chi connectivity index (χ4v) is 1.26.